The molecule has 4 N–H and O–H groups in total. The highest BCUT2D eigenvalue weighted by molar-refractivity contribution is 5.95. The Labute approximate surface area is 159 Å². The van der Waals surface area contributed by atoms with Crippen molar-refractivity contribution < 1.29 is 9.59 Å². The maximum atomic E-state index is 12.2. The van der Waals surface area contributed by atoms with Gasteiger partial charge in [-0.25, -0.2) is 4.79 Å². The first kappa shape index (κ1) is 18.9. The predicted octanol–water partition coefficient (Wildman–Crippen LogP) is 2.61. The summed E-state index contributed by atoms with van der Waals surface area (Å²) in [7, 11) is 0. The Hall–Kier alpha value is -2.86. The monoisotopic (exact) mass is 366 g/mol. The van der Waals surface area contributed by atoms with Crippen LogP contribution in [0.4, 0.5) is 10.5 Å². The van der Waals surface area contributed by atoms with Gasteiger partial charge in [-0.05, 0) is 43.0 Å². The lowest BCUT2D eigenvalue weighted by atomic mass is 10.0. The zero-order valence-electron chi connectivity index (χ0n) is 15.4. The fourth-order valence-electron chi connectivity index (χ4n) is 3.34. The van der Waals surface area contributed by atoms with Crippen molar-refractivity contribution in [3.63, 3.8) is 0 Å². The number of carbonyl (C=O) groups is 2. The van der Waals surface area contributed by atoms with Crippen molar-refractivity contribution in [2.24, 2.45) is 5.73 Å². The largest absolute Gasteiger partial charge is 0.366 e. The number of benzene rings is 2. The number of urea groups is 1. The smallest absolute Gasteiger partial charge is 0.319 e. The predicted molar refractivity (Wildman–Crippen MR) is 107 cm³/mol. The molecule has 6 heteroatoms. The molecule has 0 aromatic heterocycles. The molecule has 0 saturated carbocycles. The first-order valence-electron chi connectivity index (χ1n) is 9.34. The van der Waals surface area contributed by atoms with Gasteiger partial charge in [0.05, 0.1) is 0 Å². The number of piperidine rings is 1. The van der Waals surface area contributed by atoms with Gasteiger partial charge in [0.1, 0.15) is 0 Å². The van der Waals surface area contributed by atoms with E-state index in [0.717, 1.165) is 38.9 Å². The molecule has 0 atom stereocenters. The van der Waals surface area contributed by atoms with Gasteiger partial charge in [-0.2, -0.15) is 0 Å². The number of amides is 3. The Kier molecular flexibility index (Phi) is 6.44. The van der Waals surface area contributed by atoms with E-state index in [4.69, 9.17) is 5.73 Å². The Morgan fingerprint density at radius 2 is 1.78 bits per heavy atom. The van der Waals surface area contributed by atoms with Gasteiger partial charge in [0.15, 0.2) is 0 Å². The van der Waals surface area contributed by atoms with E-state index in [1.807, 2.05) is 6.07 Å². The third-order valence-electron chi connectivity index (χ3n) is 4.89. The van der Waals surface area contributed by atoms with E-state index in [-0.39, 0.29) is 12.1 Å². The number of nitrogens with zero attached hydrogens (tertiary/aromatic N) is 1. The molecule has 3 amide bonds. The Balaban J connectivity index is 1.40. The molecule has 2 aromatic rings. The van der Waals surface area contributed by atoms with Crippen LogP contribution in [0.25, 0.3) is 0 Å². The van der Waals surface area contributed by atoms with E-state index < -0.39 is 5.91 Å². The molecule has 1 heterocycles. The SMILES string of the molecule is NC(=O)c1cccc(NC(=O)NC2CCN(CCc3ccccc3)CC2)c1. The highest BCUT2D eigenvalue weighted by Crippen LogP contribution is 2.13. The minimum Gasteiger partial charge on any atom is -0.366 e. The molecule has 0 spiro atoms. The van der Waals surface area contributed by atoms with Gasteiger partial charge >= 0.3 is 6.03 Å². The number of primary amides is 1. The van der Waals surface area contributed by atoms with Crippen LogP contribution in [0, 0.1) is 0 Å². The minimum absolute atomic E-state index is 0.164. The van der Waals surface area contributed by atoms with E-state index in [0.29, 0.717) is 11.3 Å². The molecule has 0 aliphatic carbocycles. The van der Waals surface area contributed by atoms with E-state index in [9.17, 15) is 9.59 Å². The van der Waals surface area contributed by atoms with Gasteiger partial charge in [-0.15, -0.1) is 0 Å². The molecule has 0 bridgehead atoms. The zero-order chi connectivity index (χ0) is 19.1. The molecule has 1 aliphatic heterocycles. The second-order valence-corrected chi connectivity index (χ2v) is 6.90. The molecule has 142 valence electrons. The molecular formula is C21H26N4O2. The summed E-state index contributed by atoms with van der Waals surface area (Å²) in [5.74, 6) is -0.512. The van der Waals surface area contributed by atoms with Crippen LogP contribution in [0.3, 0.4) is 0 Å². The zero-order valence-corrected chi connectivity index (χ0v) is 15.4. The molecular weight excluding hydrogens is 340 g/mol. The number of nitrogens with two attached hydrogens (primary N) is 1. The lowest BCUT2D eigenvalue weighted by molar-refractivity contribution is 0.1000. The summed E-state index contributed by atoms with van der Waals surface area (Å²) in [6, 6.07) is 17.0. The van der Waals surface area contributed by atoms with E-state index in [2.05, 4.69) is 39.8 Å². The number of rotatable bonds is 6. The average molecular weight is 366 g/mol. The number of hydrogen-bond acceptors (Lipinski definition) is 3. The molecule has 0 unspecified atom stereocenters. The molecule has 3 rings (SSSR count). The van der Waals surface area contributed by atoms with E-state index >= 15 is 0 Å². The highest BCUT2D eigenvalue weighted by Gasteiger charge is 2.20. The van der Waals surface area contributed by atoms with Crippen molar-refractivity contribution in [1.29, 1.82) is 0 Å². The number of hydrogen-bond donors (Lipinski definition) is 3. The third-order valence-corrected chi connectivity index (χ3v) is 4.89. The number of likely N-dealkylation sites (tertiary alicyclic amines) is 1. The fourth-order valence-corrected chi connectivity index (χ4v) is 3.34. The second-order valence-electron chi connectivity index (χ2n) is 6.90. The summed E-state index contributed by atoms with van der Waals surface area (Å²) in [4.78, 5) is 25.9. The highest BCUT2D eigenvalue weighted by atomic mass is 16.2. The topological polar surface area (TPSA) is 87.5 Å². The molecule has 0 radical (unpaired) electrons. The van der Waals surface area contributed by atoms with Crippen LogP contribution >= 0.6 is 0 Å². The van der Waals surface area contributed by atoms with Crippen LogP contribution in [0.15, 0.2) is 54.6 Å². The van der Waals surface area contributed by atoms with Gasteiger partial charge < -0.3 is 21.3 Å². The molecule has 1 aliphatic rings. The quantitative estimate of drug-likeness (QED) is 0.734. The maximum Gasteiger partial charge on any atom is 0.319 e. The van der Waals surface area contributed by atoms with Crippen molar-refractivity contribution in [3.8, 4) is 0 Å². The van der Waals surface area contributed by atoms with Gasteiger partial charge in [0.25, 0.3) is 0 Å². The van der Waals surface area contributed by atoms with Crippen LogP contribution in [0.2, 0.25) is 0 Å². The summed E-state index contributed by atoms with van der Waals surface area (Å²) in [5.41, 5.74) is 7.56. The van der Waals surface area contributed by atoms with Crippen LogP contribution < -0.4 is 16.4 Å². The van der Waals surface area contributed by atoms with Gasteiger partial charge in [0, 0.05) is 36.9 Å². The van der Waals surface area contributed by atoms with E-state index in [1.165, 1.54) is 5.56 Å². The molecule has 27 heavy (non-hydrogen) atoms. The van der Waals surface area contributed by atoms with Crippen LogP contribution in [-0.2, 0) is 6.42 Å². The summed E-state index contributed by atoms with van der Waals surface area (Å²) in [6.07, 6.45) is 2.92. The minimum atomic E-state index is -0.512. The molecule has 2 aromatic carbocycles. The van der Waals surface area contributed by atoms with E-state index in [1.54, 1.807) is 24.3 Å². The first-order chi connectivity index (χ1) is 13.1. The Morgan fingerprint density at radius 1 is 1.04 bits per heavy atom. The first-order valence-corrected chi connectivity index (χ1v) is 9.34. The van der Waals surface area contributed by atoms with Gasteiger partial charge in [-0.3, -0.25) is 4.79 Å². The average Bonchev–Trinajstić information content (AvgIpc) is 2.68. The summed E-state index contributed by atoms with van der Waals surface area (Å²) in [6.45, 7) is 3.01. The Bertz CT molecular complexity index is 771. The second kappa shape index (κ2) is 9.19. The standard InChI is InChI=1S/C21H26N4O2/c22-20(26)17-7-4-8-19(15-17)24-21(27)23-18-10-13-25(14-11-18)12-9-16-5-2-1-3-6-16/h1-8,15,18H,9-14H2,(H2,22,26)(H2,23,24,27). The number of anilines is 1. The number of nitrogens with one attached hydrogen (secondary N) is 2. The van der Waals surface area contributed by atoms with Gasteiger partial charge in [0.2, 0.25) is 5.91 Å². The Morgan fingerprint density at radius 3 is 2.48 bits per heavy atom. The van der Waals surface area contributed by atoms with Crippen LogP contribution in [-0.4, -0.2) is 42.5 Å². The molecule has 1 saturated heterocycles. The van der Waals surface area contributed by atoms with Crippen LogP contribution in [0.1, 0.15) is 28.8 Å². The summed E-state index contributed by atoms with van der Waals surface area (Å²) >= 11 is 0. The van der Waals surface area contributed by atoms with Crippen molar-refractivity contribution in [2.75, 3.05) is 25.0 Å². The van der Waals surface area contributed by atoms with Crippen molar-refractivity contribution >= 4 is 17.6 Å². The lowest BCUT2D eigenvalue weighted by Crippen LogP contribution is -2.46. The summed E-state index contributed by atoms with van der Waals surface area (Å²) < 4.78 is 0. The number of carbonyl (C=O) groups excluding carboxylic acids is 2. The molecule has 6 nitrogen and oxygen atoms in total. The third kappa shape index (κ3) is 5.82. The normalized spacial score (nSPS) is 15.3. The lowest BCUT2D eigenvalue weighted by Gasteiger charge is -2.32. The van der Waals surface area contributed by atoms with Gasteiger partial charge in [-0.1, -0.05) is 36.4 Å². The molecule has 1 fully saturated rings. The van der Waals surface area contributed by atoms with Crippen molar-refractivity contribution in [1.82, 2.24) is 10.2 Å². The maximum absolute atomic E-state index is 12.2. The van der Waals surface area contributed by atoms with Crippen LogP contribution in [0.5, 0.6) is 0 Å². The van der Waals surface area contributed by atoms with Crippen molar-refractivity contribution in [3.05, 3.63) is 65.7 Å². The summed E-state index contributed by atoms with van der Waals surface area (Å²) in [5, 5.41) is 5.79. The fraction of sp³-hybridized carbons (Fsp3) is 0.333. The van der Waals surface area contributed by atoms with Crippen molar-refractivity contribution in [2.45, 2.75) is 25.3 Å².